The van der Waals surface area contributed by atoms with Crippen LogP contribution in [0.1, 0.15) is 6.92 Å². The van der Waals surface area contributed by atoms with Crippen molar-refractivity contribution in [3.63, 3.8) is 0 Å². The van der Waals surface area contributed by atoms with Crippen LogP contribution in [-0.4, -0.2) is 36.5 Å². The average Bonchev–Trinajstić information content (AvgIpc) is 2.27. The number of rotatable bonds is 2. The van der Waals surface area contributed by atoms with Gasteiger partial charge in [-0.25, -0.2) is 12.8 Å². The van der Waals surface area contributed by atoms with Gasteiger partial charge in [0.2, 0.25) is 10.0 Å². The van der Waals surface area contributed by atoms with Gasteiger partial charge in [0.05, 0.1) is 20.8 Å². The number of anilines is 1. The Morgan fingerprint density at radius 3 is 2.58 bits per heavy atom. The van der Waals surface area contributed by atoms with E-state index < -0.39 is 26.3 Å². The van der Waals surface area contributed by atoms with Crippen molar-refractivity contribution in [1.29, 1.82) is 0 Å². The summed E-state index contributed by atoms with van der Waals surface area (Å²) in [6.45, 7) is 1.31. The Balaban J connectivity index is 2.48. The summed E-state index contributed by atoms with van der Waals surface area (Å²) in [7, 11) is -4.05. The quantitative estimate of drug-likeness (QED) is 0.609. The van der Waals surface area contributed by atoms with Crippen LogP contribution in [0.25, 0.3) is 0 Å². The highest BCUT2D eigenvalue weighted by molar-refractivity contribution is 9.10. The maximum atomic E-state index is 14.0. The lowest BCUT2D eigenvalue weighted by Gasteiger charge is -2.42. The van der Waals surface area contributed by atoms with Crippen LogP contribution in [0.3, 0.4) is 0 Å². The van der Waals surface area contributed by atoms with Crippen molar-refractivity contribution in [2.45, 2.75) is 17.4 Å². The van der Waals surface area contributed by atoms with Gasteiger partial charge in [0, 0.05) is 13.1 Å². The van der Waals surface area contributed by atoms with Gasteiger partial charge in [-0.05, 0) is 28.9 Å². The summed E-state index contributed by atoms with van der Waals surface area (Å²) in [6.07, 6.45) is 0. The van der Waals surface area contributed by atoms with Gasteiger partial charge >= 0.3 is 0 Å². The number of halogens is 3. The van der Waals surface area contributed by atoms with E-state index in [0.717, 1.165) is 10.4 Å². The molecular formula is C10H11BrClFN2O3S. The molecule has 0 bridgehead atoms. The Kier molecular flexibility index (Phi) is 3.60. The first-order chi connectivity index (χ1) is 8.56. The normalized spacial score (nSPS) is 19.2. The maximum absolute atomic E-state index is 14.0. The summed E-state index contributed by atoms with van der Waals surface area (Å²) >= 11 is 8.76. The third-order valence-electron chi connectivity index (χ3n) is 2.81. The smallest absolute Gasteiger partial charge is 0.246 e. The van der Waals surface area contributed by atoms with Crippen LogP contribution < -0.4 is 5.73 Å². The topological polar surface area (TPSA) is 83.6 Å². The van der Waals surface area contributed by atoms with Crippen LogP contribution in [0.15, 0.2) is 15.4 Å². The van der Waals surface area contributed by atoms with E-state index in [9.17, 15) is 17.9 Å². The lowest BCUT2D eigenvalue weighted by molar-refractivity contribution is -0.0427. The molecule has 0 spiro atoms. The zero-order valence-corrected chi connectivity index (χ0v) is 13.0. The molecular weight excluding hydrogens is 363 g/mol. The van der Waals surface area contributed by atoms with Crippen molar-refractivity contribution >= 4 is 43.2 Å². The monoisotopic (exact) mass is 372 g/mol. The minimum absolute atomic E-state index is 0.00441. The van der Waals surface area contributed by atoms with Crippen molar-refractivity contribution in [2.75, 3.05) is 18.8 Å². The van der Waals surface area contributed by atoms with Crippen LogP contribution in [0, 0.1) is 5.82 Å². The molecule has 1 saturated heterocycles. The van der Waals surface area contributed by atoms with E-state index >= 15 is 0 Å². The first-order valence-electron chi connectivity index (χ1n) is 5.22. The second-order valence-electron chi connectivity index (χ2n) is 4.67. The van der Waals surface area contributed by atoms with E-state index in [-0.39, 0.29) is 28.3 Å². The molecule has 5 nitrogen and oxygen atoms in total. The third kappa shape index (κ3) is 2.47. The fourth-order valence-corrected chi connectivity index (χ4v) is 4.15. The summed E-state index contributed by atoms with van der Waals surface area (Å²) in [4.78, 5) is -0.589. The predicted molar refractivity (Wildman–Crippen MR) is 72.9 cm³/mol. The van der Waals surface area contributed by atoms with Gasteiger partial charge in [-0.15, -0.1) is 0 Å². The second kappa shape index (κ2) is 4.56. The third-order valence-corrected chi connectivity index (χ3v) is 5.98. The van der Waals surface area contributed by atoms with Crippen molar-refractivity contribution in [2.24, 2.45) is 0 Å². The number of sulfonamides is 1. The second-order valence-corrected chi connectivity index (χ2v) is 7.77. The van der Waals surface area contributed by atoms with E-state index in [4.69, 9.17) is 17.3 Å². The molecule has 0 aliphatic carbocycles. The first-order valence-corrected chi connectivity index (χ1v) is 7.83. The first kappa shape index (κ1) is 15.0. The number of nitrogen functional groups attached to an aromatic ring is 1. The van der Waals surface area contributed by atoms with E-state index in [2.05, 4.69) is 15.9 Å². The molecule has 0 unspecified atom stereocenters. The molecule has 0 atom stereocenters. The lowest BCUT2D eigenvalue weighted by Crippen LogP contribution is -2.61. The Morgan fingerprint density at radius 1 is 1.58 bits per heavy atom. The van der Waals surface area contributed by atoms with Crippen molar-refractivity contribution in [3.05, 3.63) is 21.4 Å². The molecule has 1 fully saturated rings. The number of nitrogens with zero attached hydrogens (tertiary/aromatic N) is 1. The van der Waals surface area contributed by atoms with E-state index in [1.807, 2.05) is 0 Å². The van der Waals surface area contributed by atoms with E-state index in [0.29, 0.717) is 0 Å². The molecule has 0 aromatic heterocycles. The Bertz CT molecular complexity index is 643. The molecule has 1 aliphatic heterocycles. The predicted octanol–water partition coefficient (Wildman–Crippen LogP) is 1.58. The van der Waals surface area contributed by atoms with Gasteiger partial charge in [0.15, 0.2) is 5.82 Å². The van der Waals surface area contributed by atoms with Gasteiger partial charge in [-0.1, -0.05) is 11.6 Å². The van der Waals surface area contributed by atoms with Crippen LogP contribution in [0.5, 0.6) is 0 Å². The van der Waals surface area contributed by atoms with Gasteiger partial charge < -0.3 is 10.8 Å². The number of nitrogens with two attached hydrogens (primary N) is 1. The SMILES string of the molecule is CC1(O)CN(S(=O)(=O)c2cc(Cl)c(Br)c(N)c2F)C1. The van der Waals surface area contributed by atoms with Crippen molar-refractivity contribution in [3.8, 4) is 0 Å². The highest BCUT2D eigenvalue weighted by Gasteiger charge is 2.45. The fraction of sp³-hybridized carbons (Fsp3) is 0.400. The summed E-state index contributed by atoms with van der Waals surface area (Å²) < 4.78 is 39.4. The lowest BCUT2D eigenvalue weighted by atomic mass is 10.0. The fourth-order valence-electron chi connectivity index (χ4n) is 1.81. The molecule has 1 heterocycles. The van der Waals surface area contributed by atoms with Crippen LogP contribution in [-0.2, 0) is 10.0 Å². The molecule has 2 rings (SSSR count). The average molecular weight is 374 g/mol. The van der Waals surface area contributed by atoms with Gasteiger partial charge in [0.1, 0.15) is 4.90 Å². The molecule has 0 amide bonds. The number of benzene rings is 1. The number of aliphatic hydroxyl groups is 1. The van der Waals surface area contributed by atoms with Crippen molar-refractivity contribution < 1.29 is 17.9 Å². The molecule has 9 heteroatoms. The largest absolute Gasteiger partial charge is 0.395 e. The summed E-state index contributed by atoms with van der Waals surface area (Å²) in [5, 5.41) is 9.56. The van der Waals surface area contributed by atoms with Gasteiger partial charge in [-0.3, -0.25) is 0 Å². The molecule has 106 valence electrons. The van der Waals surface area contributed by atoms with Crippen LogP contribution >= 0.6 is 27.5 Å². The van der Waals surface area contributed by atoms with Crippen molar-refractivity contribution in [1.82, 2.24) is 4.31 Å². The number of hydrogen-bond donors (Lipinski definition) is 2. The highest BCUT2D eigenvalue weighted by Crippen LogP contribution is 2.37. The van der Waals surface area contributed by atoms with Gasteiger partial charge in [-0.2, -0.15) is 4.31 Å². The minimum atomic E-state index is -4.05. The molecule has 1 aliphatic rings. The van der Waals surface area contributed by atoms with E-state index in [1.54, 1.807) is 0 Å². The molecule has 1 aromatic rings. The Hall–Kier alpha value is -0.410. The molecule has 1 aromatic carbocycles. The zero-order valence-electron chi connectivity index (χ0n) is 9.82. The van der Waals surface area contributed by atoms with Gasteiger partial charge in [0.25, 0.3) is 0 Å². The standard InChI is InChI=1S/C10H11BrClFN2O3S/c1-10(16)3-15(4-10)19(17,18)6-2-5(12)7(11)9(14)8(6)13/h2,16H,3-4,14H2,1H3. The number of β-amino-alcohol motifs (C(OH)–C–C–N with tert-alkyl or cyclic N) is 1. The van der Waals surface area contributed by atoms with Crippen LogP contribution in [0.4, 0.5) is 10.1 Å². The highest BCUT2D eigenvalue weighted by atomic mass is 79.9. The number of hydrogen-bond acceptors (Lipinski definition) is 4. The summed E-state index contributed by atoms with van der Waals surface area (Å²) in [5.41, 5.74) is 4.00. The molecule has 0 radical (unpaired) electrons. The summed E-state index contributed by atoms with van der Waals surface area (Å²) in [5.74, 6) is -1.05. The molecule has 19 heavy (non-hydrogen) atoms. The zero-order chi connectivity index (χ0) is 14.6. The molecule has 0 saturated carbocycles. The van der Waals surface area contributed by atoms with E-state index in [1.165, 1.54) is 6.92 Å². The van der Waals surface area contributed by atoms with Crippen LogP contribution in [0.2, 0.25) is 5.02 Å². The minimum Gasteiger partial charge on any atom is -0.395 e. The molecule has 3 N–H and O–H groups in total. The Morgan fingerprint density at radius 2 is 2.11 bits per heavy atom. The summed E-state index contributed by atoms with van der Waals surface area (Å²) in [6, 6.07) is 1.000. The Labute approximate surface area is 123 Å². The maximum Gasteiger partial charge on any atom is 0.246 e.